The first-order valence-electron chi connectivity index (χ1n) is 13.6. The molecule has 3 aromatic heterocycles. The van der Waals surface area contributed by atoms with Crippen LogP contribution in [0.2, 0.25) is 15.1 Å². The highest BCUT2D eigenvalue weighted by atomic mass is 35.5. The SMILES string of the molecule is Clc1ccc(-c2nn(-c3ccccc3)c3ncc4cc5c(nc4c23)-c2ccccc2C(c2ccc(Cl)c(Cl)c2)C5)cc1. The van der Waals surface area contributed by atoms with Gasteiger partial charge in [0, 0.05) is 33.7 Å². The number of hydrogen-bond donors (Lipinski definition) is 0. The van der Waals surface area contributed by atoms with E-state index in [0.717, 1.165) is 62.1 Å². The summed E-state index contributed by atoms with van der Waals surface area (Å²) in [6.07, 6.45) is 2.70. The second-order valence-corrected chi connectivity index (χ2v) is 11.8. The van der Waals surface area contributed by atoms with E-state index >= 15 is 0 Å². The van der Waals surface area contributed by atoms with Gasteiger partial charge in [0.05, 0.1) is 32.3 Å². The minimum Gasteiger partial charge on any atom is -0.247 e. The Bertz CT molecular complexity index is 2150. The number of rotatable bonds is 3. The van der Waals surface area contributed by atoms with Gasteiger partial charge in [0.2, 0.25) is 0 Å². The lowest BCUT2D eigenvalue weighted by Gasteiger charge is -2.28. The fraction of sp³-hybridized carbons (Fsp3) is 0.0571. The van der Waals surface area contributed by atoms with Crippen LogP contribution in [0.1, 0.15) is 22.6 Å². The van der Waals surface area contributed by atoms with Gasteiger partial charge in [-0.25, -0.2) is 14.6 Å². The number of halogens is 3. The number of nitrogens with zero attached hydrogens (tertiary/aromatic N) is 4. The third kappa shape index (κ3) is 4.10. The highest BCUT2D eigenvalue weighted by Crippen LogP contribution is 2.45. The molecule has 0 saturated heterocycles. The van der Waals surface area contributed by atoms with E-state index in [0.29, 0.717) is 15.1 Å². The second kappa shape index (κ2) is 9.95. The molecule has 1 unspecified atom stereocenters. The van der Waals surface area contributed by atoms with Crippen molar-refractivity contribution in [3.8, 4) is 28.2 Å². The Morgan fingerprint density at radius 3 is 2.33 bits per heavy atom. The van der Waals surface area contributed by atoms with Crippen molar-refractivity contribution in [1.29, 1.82) is 0 Å². The van der Waals surface area contributed by atoms with Gasteiger partial charge in [-0.05, 0) is 65.6 Å². The standard InChI is InChI=1S/C35H21Cl3N4/c36-24-13-10-20(11-14-24)34-31-33-23(19-39-35(31)42(41-34)25-6-2-1-3-7-25)16-22-17-28(21-12-15-29(37)30(38)18-21)26-8-4-5-9-27(26)32(22)40-33/h1-16,18-19,28H,17H2. The van der Waals surface area contributed by atoms with Crippen molar-refractivity contribution in [2.75, 3.05) is 0 Å². The zero-order chi connectivity index (χ0) is 28.4. The lowest BCUT2D eigenvalue weighted by atomic mass is 9.77. The zero-order valence-corrected chi connectivity index (χ0v) is 24.4. The molecule has 42 heavy (non-hydrogen) atoms. The minimum absolute atomic E-state index is 0.130. The van der Waals surface area contributed by atoms with Crippen LogP contribution < -0.4 is 0 Å². The van der Waals surface area contributed by atoms with Gasteiger partial charge >= 0.3 is 0 Å². The molecule has 1 aliphatic rings. The van der Waals surface area contributed by atoms with Crippen molar-refractivity contribution in [1.82, 2.24) is 19.7 Å². The summed E-state index contributed by atoms with van der Waals surface area (Å²) in [4.78, 5) is 10.3. The van der Waals surface area contributed by atoms with E-state index in [4.69, 9.17) is 49.9 Å². The van der Waals surface area contributed by atoms with E-state index in [9.17, 15) is 0 Å². The molecule has 0 radical (unpaired) electrons. The molecule has 4 aromatic carbocycles. The van der Waals surface area contributed by atoms with Crippen molar-refractivity contribution in [2.45, 2.75) is 12.3 Å². The van der Waals surface area contributed by atoms with Gasteiger partial charge in [-0.15, -0.1) is 0 Å². The average molecular weight is 604 g/mol. The number of hydrogen-bond acceptors (Lipinski definition) is 3. The van der Waals surface area contributed by atoms with Gasteiger partial charge in [-0.2, -0.15) is 5.10 Å². The van der Waals surface area contributed by atoms with Gasteiger partial charge < -0.3 is 0 Å². The third-order valence-electron chi connectivity index (χ3n) is 8.03. The molecule has 0 amide bonds. The fourth-order valence-corrected chi connectivity index (χ4v) is 6.50. The topological polar surface area (TPSA) is 43.6 Å². The molecule has 202 valence electrons. The number of para-hydroxylation sites is 1. The highest BCUT2D eigenvalue weighted by Gasteiger charge is 2.29. The highest BCUT2D eigenvalue weighted by molar-refractivity contribution is 6.42. The van der Waals surface area contributed by atoms with Crippen LogP contribution in [0, 0.1) is 0 Å². The van der Waals surface area contributed by atoms with E-state index in [2.05, 4.69) is 36.4 Å². The molecule has 7 heteroatoms. The minimum atomic E-state index is 0.130. The summed E-state index contributed by atoms with van der Waals surface area (Å²) in [5.41, 5.74) is 9.94. The van der Waals surface area contributed by atoms with Crippen molar-refractivity contribution in [2.24, 2.45) is 0 Å². The Morgan fingerprint density at radius 1 is 0.738 bits per heavy atom. The zero-order valence-electron chi connectivity index (χ0n) is 22.1. The van der Waals surface area contributed by atoms with Gasteiger partial charge in [0.15, 0.2) is 5.65 Å². The predicted octanol–water partition coefficient (Wildman–Crippen LogP) is 9.95. The van der Waals surface area contributed by atoms with E-state index in [1.54, 1.807) is 0 Å². The summed E-state index contributed by atoms with van der Waals surface area (Å²) in [6.45, 7) is 0. The van der Waals surface area contributed by atoms with E-state index in [1.807, 2.05) is 77.6 Å². The molecule has 7 aromatic rings. The number of aromatic nitrogens is 4. The van der Waals surface area contributed by atoms with Crippen LogP contribution in [0.4, 0.5) is 0 Å². The maximum atomic E-state index is 6.45. The van der Waals surface area contributed by atoms with Gasteiger partial charge in [-0.1, -0.05) is 95.5 Å². The summed E-state index contributed by atoms with van der Waals surface area (Å²) in [5.74, 6) is 0.130. The third-order valence-corrected chi connectivity index (χ3v) is 9.03. The Labute approximate surface area is 257 Å². The summed E-state index contributed by atoms with van der Waals surface area (Å²) in [6, 6.07) is 34.5. The van der Waals surface area contributed by atoms with Crippen molar-refractivity contribution < 1.29 is 0 Å². The summed E-state index contributed by atoms with van der Waals surface area (Å²) in [5, 5.41) is 8.75. The summed E-state index contributed by atoms with van der Waals surface area (Å²) in [7, 11) is 0. The molecule has 4 nitrogen and oxygen atoms in total. The molecule has 0 bridgehead atoms. The second-order valence-electron chi connectivity index (χ2n) is 10.5. The van der Waals surface area contributed by atoms with Crippen LogP contribution in [0.3, 0.4) is 0 Å². The van der Waals surface area contributed by atoms with Crippen molar-refractivity contribution >= 4 is 56.7 Å². The molecule has 3 heterocycles. The molecule has 0 aliphatic heterocycles. The molecule has 8 rings (SSSR count). The normalized spacial score (nSPS) is 14.2. The Hall–Kier alpha value is -4.22. The lowest BCUT2D eigenvalue weighted by Crippen LogP contribution is -2.14. The number of fused-ring (bicyclic) bond motifs is 6. The molecule has 0 N–H and O–H groups in total. The van der Waals surface area contributed by atoms with Crippen LogP contribution in [-0.2, 0) is 6.42 Å². The smallest absolute Gasteiger partial charge is 0.165 e. The first-order chi connectivity index (χ1) is 20.5. The maximum Gasteiger partial charge on any atom is 0.165 e. The molecule has 1 atom stereocenters. The van der Waals surface area contributed by atoms with Crippen LogP contribution in [0.15, 0.2) is 109 Å². The fourth-order valence-electron chi connectivity index (χ4n) is 6.07. The number of benzene rings is 4. The average Bonchev–Trinajstić information content (AvgIpc) is 3.42. The summed E-state index contributed by atoms with van der Waals surface area (Å²) < 4.78 is 1.90. The maximum absolute atomic E-state index is 6.45. The molecule has 0 saturated carbocycles. The van der Waals surface area contributed by atoms with Crippen molar-refractivity contribution in [3.63, 3.8) is 0 Å². The van der Waals surface area contributed by atoms with E-state index in [-0.39, 0.29) is 5.92 Å². The van der Waals surface area contributed by atoms with Gasteiger partial charge in [0.25, 0.3) is 0 Å². The van der Waals surface area contributed by atoms with Crippen molar-refractivity contribution in [3.05, 3.63) is 141 Å². The molecular weight excluding hydrogens is 583 g/mol. The largest absolute Gasteiger partial charge is 0.247 e. The van der Waals surface area contributed by atoms with Crippen LogP contribution in [0.5, 0.6) is 0 Å². The van der Waals surface area contributed by atoms with E-state index < -0.39 is 0 Å². The number of pyridine rings is 2. The Kier molecular flexibility index (Phi) is 6.04. The van der Waals surface area contributed by atoms with Gasteiger partial charge in [-0.3, -0.25) is 0 Å². The van der Waals surface area contributed by atoms with Crippen LogP contribution in [-0.4, -0.2) is 19.7 Å². The summed E-state index contributed by atoms with van der Waals surface area (Å²) >= 11 is 19.0. The lowest BCUT2D eigenvalue weighted by molar-refractivity contribution is 0.790. The molecule has 0 fully saturated rings. The first-order valence-corrected chi connectivity index (χ1v) is 14.8. The van der Waals surface area contributed by atoms with Crippen LogP contribution in [0.25, 0.3) is 50.1 Å². The molecule has 1 aliphatic carbocycles. The van der Waals surface area contributed by atoms with E-state index in [1.165, 1.54) is 11.1 Å². The quantitative estimate of drug-likeness (QED) is 0.202. The molecule has 0 spiro atoms. The Balaban J connectivity index is 1.39. The van der Waals surface area contributed by atoms with Crippen LogP contribution >= 0.6 is 34.8 Å². The monoisotopic (exact) mass is 602 g/mol. The van der Waals surface area contributed by atoms with Gasteiger partial charge in [0.1, 0.15) is 5.69 Å². The Morgan fingerprint density at radius 2 is 1.52 bits per heavy atom. The predicted molar refractivity (Wildman–Crippen MR) is 172 cm³/mol. The first kappa shape index (κ1) is 25.5. The molecular formula is C35H21Cl3N4.